The minimum Gasteiger partial charge on any atom is -0.324 e. The lowest BCUT2D eigenvalue weighted by Crippen LogP contribution is -2.09. The number of imidazole rings is 1. The normalized spacial score (nSPS) is 11.1. The second kappa shape index (κ2) is 3.35. The van der Waals surface area contributed by atoms with E-state index in [1.165, 1.54) is 4.63 Å². The van der Waals surface area contributed by atoms with Gasteiger partial charge >= 0.3 is 0 Å². The quantitative estimate of drug-likeness (QED) is 0.599. The first kappa shape index (κ1) is 8.92. The molecule has 0 radical (unpaired) electrons. The minimum absolute atomic E-state index is 0.350. The first-order valence-electron chi connectivity index (χ1n) is 4.66. The molecule has 3 heterocycles. The fourth-order valence-electron chi connectivity index (χ4n) is 1.46. The van der Waals surface area contributed by atoms with E-state index in [2.05, 4.69) is 25.6 Å². The van der Waals surface area contributed by atoms with Crippen molar-refractivity contribution in [1.29, 1.82) is 0 Å². The summed E-state index contributed by atoms with van der Waals surface area (Å²) in [6, 6.07) is 3.59. The highest BCUT2D eigenvalue weighted by Gasteiger charge is 2.06. The van der Waals surface area contributed by atoms with Gasteiger partial charge in [-0.25, -0.2) is 4.98 Å². The summed E-state index contributed by atoms with van der Waals surface area (Å²) in [5.41, 5.74) is 6.16. The molecular formula is C8H8N8. The number of tetrazole rings is 1. The second-order valence-electron chi connectivity index (χ2n) is 3.14. The lowest BCUT2D eigenvalue weighted by atomic mass is 10.5. The zero-order valence-corrected chi connectivity index (χ0v) is 8.22. The highest BCUT2D eigenvalue weighted by atomic mass is 15.6. The Kier molecular flexibility index (Phi) is 1.87. The van der Waals surface area contributed by atoms with Crippen LogP contribution in [-0.2, 0) is 6.54 Å². The molecule has 16 heavy (non-hydrogen) atoms. The van der Waals surface area contributed by atoms with Gasteiger partial charge in [0.05, 0.1) is 6.54 Å². The van der Waals surface area contributed by atoms with Gasteiger partial charge in [0.2, 0.25) is 0 Å². The maximum Gasteiger partial charge on any atom is 0.200 e. The predicted molar refractivity (Wildman–Crippen MR) is 53.6 cm³/mol. The molecule has 8 nitrogen and oxygen atoms in total. The van der Waals surface area contributed by atoms with Crippen LogP contribution in [0.5, 0.6) is 0 Å². The lowest BCUT2D eigenvalue weighted by molar-refractivity contribution is 0.709. The summed E-state index contributed by atoms with van der Waals surface area (Å²) in [7, 11) is 0. The van der Waals surface area contributed by atoms with Crippen molar-refractivity contribution in [3.05, 3.63) is 30.4 Å². The Balaban J connectivity index is 2.18. The van der Waals surface area contributed by atoms with E-state index < -0.39 is 0 Å². The van der Waals surface area contributed by atoms with Gasteiger partial charge < -0.3 is 5.73 Å². The molecule has 2 N–H and O–H groups in total. The molecule has 0 fully saturated rings. The van der Waals surface area contributed by atoms with Crippen molar-refractivity contribution < 1.29 is 0 Å². The van der Waals surface area contributed by atoms with E-state index in [0.717, 1.165) is 5.82 Å². The topological polar surface area (TPSA) is 99.8 Å². The SMILES string of the molecule is NCc1nccn1-c1ccc2nnnn2n1. The second-order valence-corrected chi connectivity index (χ2v) is 3.14. The summed E-state index contributed by atoms with van der Waals surface area (Å²) >= 11 is 0. The highest BCUT2D eigenvalue weighted by Crippen LogP contribution is 2.07. The van der Waals surface area contributed by atoms with E-state index in [9.17, 15) is 0 Å². The summed E-state index contributed by atoms with van der Waals surface area (Å²) in [5, 5.41) is 15.2. The molecule has 0 aromatic carbocycles. The van der Waals surface area contributed by atoms with Crippen LogP contribution in [0.1, 0.15) is 5.82 Å². The van der Waals surface area contributed by atoms with Crippen LogP contribution in [0.3, 0.4) is 0 Å². The molecule has 0 bridgehead atoms. The summed E-state index contributed by atoms with van der Waals surface area (Å²) in [5.74, 6) is 1.41. The molecular weight excluding hydrogens is 208 g/mol. The first-order chi connectivity index (χ1) is 7.88. The first-order valence-corrected chi connectivity index (χ1v) is 4.66. The van der Waals surface area contributed by atoms with Crippen LogP contribution >= 0.6 is 0 Å². The third kappa shape index (κ3) is 1.24. The van der Waals surface area contributed by atoms with Crippen molar-refractivity contribution in [3.8, 4) is 5.82 Å². The largest absolute Gasteiger partial charge is 0.324 e. The summed E-state index contributed by atoms with van der Waals surface area (Å²) in [6.45, 7) is 0.350. The van der Waals surface area contributed by atoms with E-state index in [-0.39, 0.29) is 0 Å². The van der Waals surface area contributed by atoms with E-state index >= 15 is 0 Å². The van der Waals surface area contributed by atoms with Crippen LogP contribution in [0.25, 0.3) is 11.5 Å². The Morgan fingerprint density at radius 3 is 3.12 bits per heavy atom. The van der Waals surface area contributed by atoms with Crippen LogP contribution < -0.4 is 5.73 Å². The van der Waals surface area contributed by atoms with Gasteiger partial charge in [-0.1, -0.05) is 0 Å². The van der Waals surface area contributed by atoms with Gasteiger partial charge in [0, 0.05) is 12.4 Å². The average Bonchev–Trinajstić information content (AvgIpc) is 2.96. The molecule has 8 heteroatoms. The number of hydrogen-bond acceptors (Lipinski definition) is 6. The van der Waals surface area contributed by atoms with E-state index in [0.29, 0.717) is 18.0 Å². The highest BCUT2D eigenvalue weighted by molar-refractivity contribution is 5.37. The molecule has 80 valence electrons. The summed E-state index contributed by atoms with van der Waals surface area (Å²) in [6.07, 6.45) is 3.47. The fourth-order valence-corrected chi connectivity index (χ4v) is 1.46. The minimum atomic E-state index is 0.350. The van der Waals surface area contributed by atoms with Gasteiger partial charge in [-0.15, -0.1) is 14.8 Å². The molecule has 0 aliphatic carbocycles. The van der Waals surface area contributed by atoms with Gasteiger partial charge in [0.1, 0.15) is 5.82 Å². The van der Waals surface area contributed by atoms with Crippen LogP contribution in [-0.4, -0.2) is 34.8 Å². The van der Waals surface area contributed by atoms with Gasteiger partial charge in [0.15, 0.2) is 11.5 Å². The van der Waals surface area contributed by atoms with Crippen LogP contribution in [0.15, 0.2) is 24.5 Å². The van der Waals surface area contributed by atoms with Gasteiger partial charge in [-0.05, 0) is 22.6 Å². The van der Waals surface area contributed by atoms with Crippen molar-refractivity contribution in [1.82, 2.24) is 34.8 Å². The van der Waals surface area contributed by atoms with E-state index in [1.54, 1.807) is 23.0 Å². The molecule has 0 spiro atoms. The molecule has 3 aromatic rings. The van der Waals surface area contributed by atoms with Crippen LogP contribution in [0.2, 0.25) is 0 Å². The van der Waals surface area contributed by atoms with Crippen molar-refractivity contribution in [2.45, 2.75) is 6.54 Å². The maximum atomic E-state index is 5.57. The Morgan fingerprint density at radius 1 is 1.31 bits per heavy atom. The third-order valence-corrected chi connectivity index (χ3v) is 2.20. The molecule has 0 saturated carbocycles. The Morgan fingerprint density at radius 2 is 2.25 bits per heavy atom. The molecule has 0 atom stereocenters. The van der Waals surface area contributed by atoms with Gasteiger partial charge in [-0.2, -0.15) is 0 Å². The number of nitrogens with zero attached hydrogens (tertiary/aromatic N) is 7. The number of rotatable bonds is 2. The van der Waals surface area contributed by atoms with Crippen LogP contribution in [0, 0.1) is 0 Å². The average molecular weight is 216 g/mol. The Bertz CT molecular complexity index is 624. The fraction of sp³-hybridized carbons (Fsp3) is 0.125. The number of aromatic nitrogens is 7. The zero-order chi connectivity index (χ0) is 11.0. The summed E-state index contributed by atoms with van der Waals surface area (Å²) in [4.78, 5) is 4.12. The molecule has 3 rings (SSSR count). The molecule has 3 aromatic heterocycles. The molecule has 0 unspecified atom stereocenters. The maximum absolute atomic E-state index is 5.57. The van der Waals surface area contributed by atoms with Crippen molar-refractivity contribution in [2.24, 2.45) is 5.73 Å². The van der Waals surface area contributed by atoms with E-state index in [4.69, 9.17) is 5.73 Å². The van der Waals surface area contributed by atoms with Crippen molar-refractivity contribution in [3.63, 3.8) is 0 Å². The lowest BCUT2D eigenvalue weighted by Gasteiger charge is -2.03. The van der Waals surface area contributed by atoms with Crippen LogP contribution in [0.4, 0.5) is 0 Å². The molecule has 0 aliphatic rings. The molecule has 0 saturated heterocycles. The number of hydrogen-bond donors (Lipinski definition) is 1. The molecule has 0 aliphatic heterocycles. The predicted octanol–water partition coefficient (Wildman–Crippen LogP) is -0.836. The Hall–Kier alpha value is -2.35. The van der Waals surface area contributed by atoms with Gasteiger partial charge in [0.25, 0.3) is 0 Å². The third-order valence-electron chi connectivity index (χ3n) is 2.20. The van der Waals surface area contributed by atoms with Crippen molar-refractivity contribution >= 4 is 5.65 Å². The van der Waals surface area contributed by atoms with Crippen molar-refractivity contribution in [2.75, 3.05) is 0 Å². The Labute approximate surface area is 89.7 Å². The summed E-state index contributed by atoms with van der Waals surface area (Å²) < 4.78 is 3.15. The monoisotopic (exact) mass is 216 g/mol. The number of fused-ring (bicyclic) bond motifs is 1. The van der Waals surface area contributed by atoms with E-state index in [1.807, 2.05) is 6.07 Å². The zero-order valence-electron chi connectivity index (χ0n) is 8.22. The number of nitrogens with two attached hydrogens (primary N) is 1. The molecule has 0 amide bonds. The van der Waals surface area contributed by atoms with Gasteiger partial charge in [-0.3, -0.25) is 4.57 Å². The smallest absolute Gasteiger partial charge is 0.200 e. The standard InChI is InChI=1S/C8H8N8/c9-5-8-10-3-4-15(8)7-2-1-6-11-13-14-16(6)12-7/h1-4H,5,9H2.